The molecule has 0 aliphatic carbocycles. The molecule has 1 aromatic carbocycles. The van der Waals surface area contributed by atoms with Crippen LogP contribution in [0.25, 0.3) is 4.91 Å². The Hall–Kier alpha value is -1.99. The van der Waals surface area contributed by atoms with Crippen molar-refractivity contribution in [3.05, 3.63) is 43.0 Å². The van der Waals surface area contributed by atoms with Gasteiger partial charge in [-0.05, 0) is 79.0 Å². The van der Waals surface area contributed by atoms with Gasteiger partial charge in [-0.25, -0.2) is 0 Å². The molecule has 7 heteroatoms. The van der Waals surface area contributed by atoms with E-state index in [4.69, 9.17) is 0 Å². The number of benzene rings is 1. The predicted octanol–water partition coefficient (Wildman–Crippen LogP) is 6.71. The third-order valence-electron chi connectivity index (χ3n) is 7.75. The second-order valence-electron chi connectivity index (χ2n) is 9.69. The van der Waals surface area contributed by atoms with Gasteiger partial charge in [0.15, 0.2) is 0 Å². The highest BCUT2D eigenvalue weighted by Crippen LogP contribution is 2.61. The van der Waals surface area contributed by atoms with Gasteiger partial charge in [0.25, 0.3) is 0 Å². The number of rotatable bonds is 6. The van der Waals surface area contributed by atoms with Crippen LogP contribution >= 0.6 is 23.5 Å². The third kappa shape index (κ3) is 4.08. The molecule has 1 fully saturated rings. The van der Waals surface area contributed by atoms with E-state index >= 15 is 0 Å². The fraction of sp³-hybridized carbons (Fsp3) is 0.536. The average molecular weight is 513 g/mol. The molecule has 188 valence electrons. The zero-order valence-corrected chi connectivity index (χ0v) is 23.6. The number of carbonyl (C=O) groups is 3. The molecule has 3 amide bonds. The van der Waals surface area contributed by atoms with Crippen LogP contribution in [0.1, 0.15) is 89.0 Å². The maximum Gasteiger partial charge on any atom is 0.247 e. The zero-order chi connectivity index (χ0) is 25.7. The van der Waals surface area contributed by atoms with Gasteiger partial charge in [-0.2, -0.15) is 0 Å². The second-order valence-corrected chi connectivity index (χ2v) is 11.9. The zero-order valence-electron chi connectivity index (χ0n) is 22.0. The Morgan fingerprint density at radius 3 is 2.11 bits per heavy atom. The van der Waals surface area contributed by atoms with Crippen LogP contribution in [0.3, 0.4) is 0 Å². The molecule has 3 aliphatic rings. The number of amides is 3. The Morgan fingerprint density at radius 2 is 1.57 bits per heavy atom. The van der Waals surface area contributed by atoms with E-state index in [1.54, 1.807) is 0 Å². The van der Waals surface area contributed by atoms with E-state index in [9.17, 15) is 14.4 Å². The summed E-state index contributed by atoms with van der Waals surface area (Å²) < 4.78 is 0. The molecule has 0 aromatic heterocycles. The average Bonchev–Trinajstić information content (AvgIpc) is 3.16. The quantitative estimate of drug-likeness (QED) is 0.397. The first-order valence-corrected chi connectivity index (χ1v) is 14.4. The van der Waals surface area contributed by atoms with E-state index in [1.165, 1.54) is 36.3 Å². The lowest BCUT2D eigenvalue weighted by Crippen LogP contribution is -2.56. The molecule has 1 saturated heterocycles. The van der Waals surface area contributed by atoms with Crippen LogP contribution in [0.2, 0.25) is 0 Å². The van der Waals surface area contributed by atoms with Crippen molar-refractivity contribution in [2.45, 2.75) is 92.5 Å². The first-order chi connectivity index (χ1) is 16.6. The number of aryl methyl sites for hydroxylation is 1. The number of fused-ring (bicyclic) bond motifs is 2. The minimum absolute atomic E-state index is 0.183. The topological polar surface area (TPSA) is 57.7 Å². The first kappa shape index (κ1) is 26.1. The summed E-state index contributed by atoms with van der Waals surface area (Å²) in [6.45, 7) is 14.9. The largest absolute Gasteiger partial charge is 0.299 e. The van der Waals surface area contributed by atoms with Crippen molar-refractivity contribution in [3.8, 4) is 0 Å². The standard InChI is InChI=1S/C28H36N2O3S2/c1-8-18-17(6)16(5)14-19-25(18)30(24(33)15-29-22(31)12-13-23(29)32)28(7,11-4)27-26(19)34-20(9-2)21(10-3)35-27/h14H,8-13,15H2,1-7H3. The highest BCUT2D eigenvalue weighted by Gasteiger charge is 2.48. The van der Waals surface area contributed by atoms with Gasteiger partial charge in [-0.1, -0.05) is 51.2 Å². The van der Waals surface area contributed by atoms with Crippen LogP contribution < -0.4 is 4.90 Å². The molecule has 35 heavy (non-hydrogen) atoms. The Labute approximate surface area is 217 Å². The fourth-order valence-corrected chi connectivity index (χ4v) is 8.46. The molecule has 1 atom stereocenters. The van der Waals surface area contributed by atoms with Crippen molar-refractivity contribution >= 4 is 51.8 Å². The van der Waals surface area contributed by atoms with Gasteiger partial charge in [0, 0.05) is 28.2 Å². The monoisotopic (exact) mass is 512 g/mol. The summed E-state index contributed by atoms with van der Waals surface area (Å²) >= 11 is 3.70. The Kier molecular flexibility index (Phi) is 7.31. The van der Waals surface area contributed by atoms with Gasteiger partial charge in [-0.3, -0.25) is 24.2 Å². The fourth-order valence-electron chi connectivity index (χ4n) is 5.43. The van der Waals surface area contributed by atoms with E-state index in [0.29, 0.717) is 0 Å². The number of allylic oxidation sites excluding steroid dienone is 2. The summed E-state index contributed by atoms with van der Waals surface area (Å²) in [4.78, 5) is 47.3. The summed E-state index contributed by atoms with van der Waals surface area (Å²) in [5, 5.41) is 0. The minimum Gasteiger partial charge on any atom is -0.299 e. The number of likely N-dealkylation sites (tertiary alicyclic amines) is 1. The van der Waals surface area contributed by atoms with Crippen molar-refractivity contribution < 1.29 is 14.4 Å². The first-order valence-electron chi connectivity index (χ1n) is 12.7. The number of hydrogen-bond donors (Lipinski definition) is 0. The van der Waals surface area contributed by atoms with Crippen molar-refractivity contribution in [1.29, 1.82) is 0 Å². The van der Waals surface area contributed by atoms with E-state index in [2.05, 4.69) is 54.5 Å². The summed E-state index contributed by atoms with van der Waals surface area (Å²) in [6, 6.07) is 2.23. The number of thioether (sulfide) groups is 2. The number of anilines is 1. The van der Waals surface area contributed by atoms with Gasteiger partial charge in [0.1, 0.15) is 6.54 Å². The van der Waals surface area contributed by atoms with Crippen LogP contribution in [0, 0.1) is 13.8 Å². The highest BCUT2D eigenvalue weighted by atomic mass is 32.2. The SMILES string of the molecule is CCC1=C(CC)SC2=C(S1)c1cc(C)c(C)c(CC)c1N(C(=O)CN1C(=O)CCC1=O)C2(C)CC. The van der Waals surface area contributed by atoms with Gasteiger partial charge >= 0.3 is 0 Å². The summed E-state index contributed by atoms with van der Waals surface area (Å²) in [7, 11) is 0. The molecule has 3 heterocycles. The normalized spacial score (nSPS) is 22.3. The smallest absolute Gasteiger partial charge is 0.247 e. The molecule has 1 aromatic rings. The van der Waals surface area contributed by atoms with Gasteiger partial charge in [0.05, 0.1) is 11.2 Å². The molecule has 0 radical (unpaired) electrons. The van der Waals surface area contributed by atoms with Crippen LogP contribution in [0.5, 0.6) is 0 Å². The Morgan fingerprint density at radius 1 is 0.971 bits per heavy atom. The third-order valence-corrected chi connectivity index (χ3v) is 11.0. The van der Waals surface area contributed by atoms with Crippen molar-refractivity contribution in [2.75, 3.05) is 11.4 Å². The van der Waals surface area contributed by atoms with Crippen molar-refractivity contribution in [3.63, 3.8) is 0 Å². The van der Waals surface area contributed by atoms with E-state index in [1.807, 2.05) is 28.4 Å². The van der Waals surface area contributed by atoms with Crippen LogP contribution in [-0.2, 0) is 20.8 Å². The highest BCUT2D eigenvalue weighted by molar-refractivity contribution is 8.17. The van der Waals surface area contributed by atoms with Crippen LogP contribution in [0.4, 0.5) is 5.69 Å². The van der Waals surface area contributed by atoms with Crippen LogP contribution in [0.15, 0.2) is 20.8 Å². The lowest BCUT2D eigenvalue weighted by atomic mass is 9.84. The summed E-state index contributed by atoms with van der Waals surface area (Å²) in [5.41, 5.74) is 5.11. The minimum atomic E-state index is -0.561. The number of hydrogen-bond acceptors (Lipinski definition) is 5. The van der Waals surface area contributed by atoms with Crippen LogP contribution in [-0.4, -0.2) is 34.7 Å². The van der Waals surface area contributed by atoms with E-state index in [-0.39, 0.29) is 37.1 Å². The summed E-state index contributed by atoms with van der Waals surface area (Å²) in [6.07, 6.45) is 3.88. The maximum absolute atomic E-state index is 14.1. The molecule has 0 N–H and O–H groups in total. The summed E-state index contributed by atoms with van der Waals surface area (Å²) in [5.74, 6) is -0.681. The lowest BCUT2D eigenvalue weighted by Gasteiger charge is -2.50. The number of carbonyl (C=O) groups excluding carboxylic acids is 3. The molecule has 3 aliphatic heterocycles. The maximum atomic E-state index is 14.1. The van der Waals surface area contributed by atoms with Gasteiger partial charge < -0.3 is 0 Å². The lowest BCUT2D eigenvalue weighted by molar-refractivity contribution is -0.142. The molecule has 0 bridgehead atoms. The number of imide groups is 1. The predicted molar refractivity (Wildman–Crippen MR) is 147 cm³/mol. The second kappa shape index (κ2) is 9.81. The van der Waals surface area contributed by atoms with E-state index < -0.39 is 5.54 Å². The molecular formula is C28H36N2O3S2. The molecule has 0 saturated carbocycles. The van der Waals surface area contributed by atoms with Crippen molar-refractivity contribution in [2.24, 2.45) is 0 Å². The Bertz CT molecular complexity index is 1170. The molecule has 4 rings (SSSR count). The van der Waals surface area contributed by atoms with E-state index in [0.717, 1.165) is 41.8 Å². The molecule has 0 spiro atoms. The number of nitrogens with zero attached hydrogens (tertiary/aromatic N) is 2. The molecular weight excluding hydrogens is 476 g/mol. The van der Waals surface area contributed by atoms with Crippen molar-refractivity contribution in [1.82, 2.24) is 4.90 Å². The molecule has 1 unspecified atom stereocenters. The van der Waals surface area contributed by atoms with Gasteiger partial charge in [0.2, 0.25) is 17.7 Å². The molecule has 5 nitrogen and oxygen atoms in total. The van der Waals surface area contributed by atoms with Gasteiger partial charge in [-0.15, -0.1) is 0 Å². The Balaban J connectivity index is 1.95.